The zero-order valence-corrected chi connectivity index (χ0v) is 15.1. The molecule has 3 rings (SSSR count). The summed E-state index contributed by atoms with van der Waals surface area (Å²) >= 11 is 2.77. The second-order valence-electron chi connectivity index (χ2n) is 5.20. The third kappa shape index (κ3) is 2.89. The summed E-state index contributed by atoms with van der Waals surface area (Å²) < 4.78 is 70.2. The van der Waals surface area contributed by atoms with Gasteiger partial charge in [-0.1, -0.05) is 0 Å². The number of hydrogen-bond acceptors (Lipinski definition) is 0. The molecule has 0 saturated heterocycles. The maximum absolute atomic E-state index is 14.6. The Bertz CT molecular complexity index is 901. The second-order valence-corrected chi connectivity index (χ2v) is 11.3. The average molecular weight is 431 g/mol. The van der Waals surface area contributed by atoms with E-state index in [1.165, 1.54) is 0 Å². The fraction of sp³-hybridized carbons (Fsp3) is 0. The van der Waals surface area contributed by atoms with Gasteiger partial charge in [-0.05, 0) is 0 Å². The van der Waals surface area contributed by atoms with Gasteiger partial charge < -0.3 is 0 Å². The molecule has 0 heterocycles. The standard InChI is InChI=1S/C18H10F5PSe/c19-13-14(20)16(22)18(17(23)15(13)21)24(25,11-7-3-1-4-8-11)12-9-5-2-6-10-12/h1-10H. The molecular weight excluding hydrogens is 421 g/mol. The SMILES string of the molecule is Fc1c(F)c(F)c(P(=[Se])(c2ccccc2)c2ccccc2)c(F)c1F. The van der Waals surface area contributed by atoms with Crippen LogP contribution >= 0.6 is 5.51 Å². The molecule has 0 nitrogen and oxygen atoms in total. The van der Waals surface area contributed by atoms with Crippen LogP contribution in [0.1, 0.15) is 0 Å². The van der Waals surface area contributed by atoms with E-state index in [0.717, 1.165) is 0 Å². The minimum absolute atomic E-state index is 0.462. The third-order valence-corrected chi connectivity index (χ3v) is 10.6. The van der Waals surface area contributed by atoms with Crippen molar-refractivity contribution >= 4 is 36.5 Å². The fourth-order valence-corrected chi connectivity index (χ4v) is 7.84. The van der Waals surface area contributed by atoms with Gasteiger partial charge in [0.2, 0.25) is 0 Å². The van der Waals surface area contributed by atoms with Crippen molar-refractivity contribution in [1.82, 2.24) is 0 Å². The molecule has 0 radical (unpaired) electrons. The summed E-state index contributed by atoms with van der Waals surface area (Å²) in [6, 6.07) is 16.4. The molecule has 0 atom stereocenters. The Balaban J connectivity index is 2.46. The number of hydrogen-bond donors (Lipinski definition) is 0. The van der Waals surface area contributed by atoms with E-state index in [4.69, 9.17) is 0 Å². The monoisotopic (exact) mass is 432 g/mol. The van der Waals surface area contributed by atoms with Crippen LogP contribution in [0.3, 0.4) is 0 Å². The molecule has 0 unspecified atom stereocenters. The molecule has 0 amide bonds. The zero-order chi connectivity index (χ0) is 18.2. The van der Waals surface area contributed by atoms with Crippen LogP contribution in [-0.2, 0) is 0 Å². The van der Waals surface area contributed by atoms with Crippen LogP contribution in [0, 0.1) is 29.1 Å². The van der Waals surface area contributed by atoms with Crippen molar-refractivity contribution in [3.8, 4) is 0 Å². The molecule has 25 heavy (non-hydrogen) atoms. The molecule has 0 bridgehead atoms. The van der Waals surface area contributed by atoms with Gasteiger partial charge in [0.15, 0.2) is 0 Å². The number of rotatable bonds is 3. The van der Waals surface area contributed by atoms with Crippen molar-refractivity contribution in [1.29, 1.82) is 0 Å². The van der Waals surface area contributed by atoms with Crippen LogP contribution in [0.5, 0.6) is 0 Å². The Morgan fingerprint density at radius 3 is 1.20 bits per heavy atom. The van der Waals surface area contributed by atoms with Gasteiger partial charge in [0.1, 0.15) is 0 Å². The Morgan fingerprint density at radius 2 is 0.840 bits per heavy atom. The van der Waals surface area contributed by atoms with Crippen LogP contribution in [0.4, 0.5) is 22.0 Å². The van der Waals surface area contributed by atoms with Crippen LogP contribution in [0.15, 0.2) is 60.7 Å². The predicted molar refractivity (Wildman–Crippen MR) is 90.7 cm³/mol. The Labute approximate surface area is 148 Å². The number of halogens is 5. The van der Waals surface area contributed by atoms with Crippen LogP contribution in [-0.4, -0.2) is 15.1 Å². The van der Waals surface area contributed by atoms with Crippen molar-refractivity contribution in [2.75, 3.05) is 0 Å². The first-order valence-corrected chi connectivity index (χ1v) is 11.1. The maximum atomic E-state index is 14.6. The third-order valence-electron chi connectivity index (χ3n) is 3.74. The molecule has 0 spiro atoms. The molecule has 0 aliphatic heterocycles. The summed E-state index contributed by atoms with van der Waals surface area (Å²) in [6.07, 6.45) is 0. The van der Waals surface area contributed by atoms with Crippen LogP contribution in [0.2, 0.25) is 0 Å². The fourth-order valence-electron chi connectivity index (χ4n) is 2.55. The molecule has 0 aliphatic rings. The first-order valence-electron chi connectivity index (χ1n) is 7.12. The van der Waals surface area contributed by atoms with Gasteiger partial charge in [-0.15, -0.1) is 0 Å². The van der Waals surface area contributed by atoms with Crippen molar-refractivity contribution < 1.29 is 22.0 Å². The number of benzene rings is 3. The Hall–Kier alpha value is -1.74. The van der Waals surface area contributed by atoms with E-state index < -0.39 is 39.9 Å². The van der Waals surface area contributed by atoms with E-state index in [-0.39, 0.29) is 0 Å². The van der Waals surface area contributed by atoms with E-state index in [1.807, 2.05) is 0 Å². The van der Waals surface area contributed by atoms with Crippen LogP contribution < -0.4 is 15.9 Å². The first-order chi connectivity index (χ1) is 11.9. The topological polar surface area (TPSA) is 0 Å². The van der Waals surface area contributed by atoms with Gasteiger partial charge in [-0.3, -0.25) is 0 Å². The molecule has 0 fully saturated rings. The summed E-state index contributed by atoms with van der Waals surface area (Å²) in [5.41, 5.74) is -3.20. The molecule has 7 heteroatoms. The van der Waals surface area contributed by atoms with Gasteiger partial charge in [0.25, 0.3) is 0 Å². The van der Waals surface area contributed by atoms with Crippen molar-refractivity contribution in [3.05, 3.63) is 89.7 Å². The summed E-state index contributed by atoms with van der Waals surface area (Å²) in [5.74, 6) is -9.67. The summed E-state index contributed by atoms with van der Waals surface area (Å²) in [5, 5.41) is 0.107. The Kier molecular flexibility index (Phi) is 4.97. The van der Waals surface area contributed by atoms with Gasteiger partial charge in [-0.25, -0.2) is 0 Å². The molecule has 0 aliphatic carbocycles. The molecule has 3 aromatic rings. The van der Waals surface area contributed by atoms with Gasteiger partial charge in [0, 0.05) is 0 Å². The zero-order valence-electron chi connectivity index (χ0n) is 12.5. The summed E-state index contributed by atoms with van der Waals surface area (Å²) in [4.78, 5) is 0. The van der Waals surface area contributed by atoms with Crippen molar-refractivity contribution in [2.24, 2.45) is 0 Å². The van der Waals surface area contributed by atoms with Crippen LogP contribution in [0.25, 0.3) is 0 Å². The normalized spacial score (nSPS) is 11.6. The summed E-state index contributed by atoms with van der Waals surface area (Å²) in [7, 11) is 0. The van der Waals surface area contributed by atoms with Gasteiger partial charge >= 0.3 is 148 Å². The molecule has 3 aromatic carbocycles. The average Bonchev–Trinajstić information content (AvgIpc) is 2.66. The summed E-state index contributed by atoms with van der Waals surface area (Å²) in [6.45, 7) is 0. The van der Waals surface area contributed by atoms with Gasteiger partial charge in [0.05, 0.1) is 0 Å². The Morgan fingerprint density at radius 1 is 0.520 bits per heavy atom. The molecular formula is C18H10F5PSe. The first kappa shape index (κ1) is 18.1. The van der Waals surface area contributed by atoms with Gasteiger partial charge in [-0.2, -0.15) is 0 Å². The molecule has 0 N–H and O–H groups in total. The molecule has 128 valence electrons. The second kappa shape index (κ2) is 6.87. The quantitative estimate of drug-likeness (QED) is 0.195. The minimum atomic E-state index is -3.20. The molecule has 0 saturated carbocycles. The van der Waals surface area contributed by atoms with E-state index in [2.05, 4.69) is 15.1 Å². The predicted octanol–water partition coefficient (Wildman–Crippen LogP) is 3.76. The van der Waals surface area contributed by atoms with E-state index in [9.17, 15) is 22.0 Å². The van der Waals surface area contributed by atoms with E-state index in [0.29, 0.717) is 10.6 Å². The molecule has 0 aromatic heterocycles. The van der Waals surface area contributed by atoms with E-state index in [1.54, 1.807) is 60.7 Å². The van der Waals surface area contributed by atoms with E-state index >= 15 is 0 Å². The van der Waals surface area contributed by atoms with Crippen molar-refractivity contribution in [3.63, 3.8) is 0 Å². The van der Waals surface area contributed by atoms with Crippen molar-refractivity contribution in [2.45, 2.75) is 0 Å².